The van der Waals surface area contributed by atoms with Crippen molar-refractivity contribution >= 4 is 23.6 Å². The van der Waals surface area contributed by atoms with E-state index in [-0.39, 0.29) is 0 Å². The van der Waals surface area contributed by atoms with Crippen LogP contribution in [0.25, 0.3) is 0 Å². The van der Waals surface area contributed by atoms with Gasteiger partial charge in [0.25, 0.3) is 11.8 Å². The van der Waals surface area contributed by atoms with Gasteiger partial charge in [-0.05, 0) is 31.0 Å². The quantitative estimate of drug-likeness (QED) is 0.294. The van der Waals surface area contributed by atoms with Gasteiger partial charge in [0.1, 0.15) is 12.4 Å². The van der Waals surface area contributed by atoms with Crippen molar-refractivity contribution in [3.8, 4) is 0 Å². The summed E-state index contributed by atoms with van der Waals surface area (Å²) in [6.07, 6.45) is 3.35. The fraction of sp³-hybridized carbons (Fsp3) is 0.333. The van der Waals surface area contributed by atoms with Crippen LogP contribution in [0.4, 0.5) is 0 Å². The van der Waals surface area contributed by atoms with Crippen molar-refractivity contribution in [3.05, 3.63) is 54.4 Å². The molecule has 0 saturated carbocycles. The van der Waals surface area contributed by atoms with Gasteiger partial charge < -0.3 is 9.30 Å². The molecule has 2 aromatic rings. The second-order valence-electron chi connectivity index (χ2n) is 5.74. The number of rotatable bonds is 9. The van der Waals surface area contributed by atoms with Crippen LogP contribution in [0.3, 0.4) is 0 Å². The van der Waals surface area contributed by atoms with Crippen LogP contribution >= 0.6 is 11.8 Å². The number of benzene rings is 1. The van der Waals surface area contributed by atoms with Crippen molar-refractivity contribution in [2.45, 2.75) is 30.4 Å². The largest absolute Gasteiger partial charge is 0.368 e. The number of carbonyl (C=O) groups excluding carboxylic acids is 2. The van der Waals surface area contributed by atoms with E-state index in [4.69, 9.17) is 4.74 Å². The molecule has 1 aromatic heterocycles. The van der Waals surface area contributed by atoms with Gasteiger partial charge in [0, 0.05) is 18.4 Å². The molecule has 0 spiro atoms. The molecule has 1 heterocycles. The molecule has 1 atom stereocenters. The van der Waals surface area contributed by atoms with E-state index in [1.165, 1.54) is 0 Å². The molecule has 1 unspecified atom stereocenters. The highest BCUT2D eigenvalue weighted by Crippen LogP contribution is 2.20. The first-order valence-corrected chi connectivity index (χ1v) is 9.38. The molecule has 2 amide bonds. The van der Waals surface area contributed by atoms with Crippen molar-refractivity contribution in [2.24, 2.45) is 7.05 Å². The van der Waals surface area contributed by atoms with Crippen molar-refractivity contribution in [2.75, 3.05) is 6.61 Å². The highest BCUT2D eigenvalue weighted by Gasteiger charge is 2.14. The van der Waals surface area contributed by atoms with Crippen molar-refractivity contribution < 1.29 is 14.3 Å². The Kier molecular flexibility index (Phi) is 8.02. The van der Waals surface area contributed by atoms with Crippen LogP contribution in [0.15, 0.2) is 48.4 Å². The lowest BCUT2D eigenvalue weighted by Gasteiger charge is -2.13. The third kappa shape index (κ3) is 6.54. The minimum Gasteiger partial charge on any atom is -0.368 e. The van der Waals surface area contributed by atoms with Gasteiger partial charge in [0.15, 0.2) is 5.16 Å². The van der Waals surface area contributed by atoms with Crippen LogP contribution in [0.5, 0.6) is 0 Å². The number of carbonyl (C=O) groups is 2. The number of hydrogen-bond donors (Lipinski definition) is 2. The van der Waals surface area contributed by atoms with E-state index >= 15 is 0 Å². The zero-order valence-corrected chi connectivity index (χ0v) is 16.2. The molecule has 2 rings (SSSR count). The highest BCUT2D eigenvalue weighted by molar-refractivity contribution is 7.98. The van der Waals surface area contributed by atoms with Crippen LogP contribution in [0, 0.1) is 0 Å². The lowest BCUT2D eigenvalue weighted by molar-refractivity contribution is -0.132. The fourth-order valence-electron chi connectivity index (χ4n) is 2.00. The molecule has 8 nitrogen and oxygen atoms in total. The molecule has 0 fully saturated rings. The van der Waals surface area contributed by atoms with E-state index in [9.17, 15) is 9.59 Å². The van der Waals surface area contributed by atoms with Crippen molar-refractivity contribution in [3.63, 3.8) is 0 Å². The molecular weight excluding hydrogens is 366 g/mol. The number of aromatic nitrogens is 3. The van der Waals surface area contributed by atoms with Gasteiger partial charge in [-0.1, -0.05) is 30.0 Å². The first-order chi connectivity index (χ1) is 13.0. The molecule has 0 radical (unpaired) electrons. The lowest BCUT2D eigenvalue weighted by Crippen LogP contribution is -2.46. The summed E-state index contributed by atoms with van der Waals surface area (Å²) in [6, 6.07) is 7.14. The number of aryl methyl sites for hydroxylation is 1. The van der Waals surface area contributed by atoms with E-state index in [1.54, 1.807) is 43.2 Å². The maximum Gasteiger partial charge on any atom is 0.269 e. The summed E-state index contributed by atoms with van der Waals surface area (Å²) in [5.41, 5.74) is 6.24. The second kappa shape index (κ2) is 10.5. The average molecular weight is 389 g/mol. The number of nitrogens with one attached hydrogen (secondary N) is 2. The number of hydrazine groups is 1. The van der Waals surface area contributed by atoms with Gasteiger partial charge in [0.2, 0.25) is 0 Å². The smallest absolute Gasteiger partial charge is 0.269 e. The standard InChI is InChI=1S/C18H23N5O3S/c1-4-5-10-26-13(2)16(24)20-21-17(25)15-8-6-14(7-9-15)11-27-18-22-19-12-23(18)3/h4,6-9,12-13H,1,5,10-11H2,2-3H3,(H,20,24)(H,21,25). The maximum atomic E-state index is 12.1. The molecule has 0 saturated heterocycles. The minimum atomic E-state index is -0.662. The van der Waals surface area contributed by atoms with Gasteiger partial charge in [-0.3, -0.25) is 20.4 Å². The summed E-state index contributed by atoms with van der Waals surface area (Å²) < 4.78 is 7.16. The Morgan fingerprint density at radius 1 is 1.33 bits per heavy atom. The maximum absolute atomic E-state index is 12.1. The van der Waals surface area contributed by atoms with E-state index < -0.39 is 17.9 Å². The molecule has 2 N–H and O–H groups in total. The topological polar surface area (TPSA) is 98.1 Å². The summed E-state index contributed by atoms with van der Waals surface area (Å²) >= 11 is 1.56. The number of nitrogens with zero attached hydrogens (tertiary/aromatic N) is 3. The van der Waals surface area contributed by atoms with Gasteiger partial charge in [0.05, 0.1) is 6.61 Å². The predicted molar refractivity (Wildman–Crippen MR) is 103 cm³/mol. The Bertz CT molecular complexity index is 776. The number of hydrogen-bond acceptors (Lipinski definition) is 6. The SMILES string of the molecule is C=CCCOC(C)C(=O)NNC(=O)c1ccc(CSc2nncn2C)cc1. The summed E-state index contributed by atoms with van der Waals surface area (Å²) in [5.74, 6) is -0.0941. The minimum absolute atomic E-state index is 0.394. The molecule has 9 heteroatoms. The summed E-state index contributed by atoms with van der Waals surface area (Å²) in [7, 11) is 1.88. The van der Waals surface area contributed by atoms with E-state index in [2.05, 4.69) is 27.6 Å². The predicted octanol–water partition coefficient (Wildman–Crippen LogP) is 1.85. The number of amides is 2. The zero-order valence-electron chi connectivity index (χ0n) is 15.3. The highest BCUT2D eigenvalue weighted by atomic mass is 32.2. The third-order valence-electron chi connectivity index (χ3n) is 3.61. The fourth-order valence-corrected chi connectivity index (χ4v) is 2.84. The third-order valence-corrected chi connectivity index (χ3v) is 4.72. The first-order valence-electron chi connectivity index (χ1n) is 8.39. The monoisotopic (exact) mass is 389 g/mol. The zero-order chi connectivity index (χ0) is 19.6. The Balaban J connectivity index is 1.78. The van der Waals surface area contributed by atoms with E-state index in [0.29, 0.717) is 24.3 Å². The Morgan fingerprint density at radius 2 is 2.07 bits per heavy atom. The molecule has 1 aromatic carbocycles. The Labute approximate surface area is 162 Å². The summed E-state index contributed by atoms with van der Waals surface area (Å²) in [6.45, 7) is 5.61. The van der Waals surface area contributed by atoms with Crippen LogP contribution in [0.1, 0.15) is 29.3 Å². The molecular formula is C18H23N5O3S. The Morgan fingerprint density at radius 3 is 2.70 bits per heavy atom. The molecule has 144 valence electrons. The van der Waals surface area contributed by atoms with Gasteiger partial charge in [-0.2, -0.15) is 0 Å². The van der Waals surface area contributed by atoms with Crippen molar-refractivity contribution in [1.29, 1.82) is 0 Å². The van der Waals surface area contributed by atoms with Crippen LogP contribution < -0.4 is 10.9 Å². The molecule has 0 aliphatic rings. The van der Waals surface area contributed by atoms with Gasteiger partial charge in [-0.15, -0.1) is 16.8 Å². The lowest BCUT2D eigenvalue weighted by atomic mass is 10.1. The molecule has 27 heavy (non-hydrogen) atoms. The normalized spacial score (nSPS) is 11.6. The molecule has 0 aliphatic heterocycles. The van der Waals surface area contributed by atoms with Gasteiger partial charge >= 0.3 is 0 Å². The summed E-state index contributed by atoms with van der Waals surface area (Å²) in [4.78, 5) is 24.0. The number of thioether (sulfide) groups is 1. The number of ether oxygens (including phenoxy) is 1. The molecule has 0 bridgehead atoms. The van der Waals surface area contributed by atoms with Crippen LogP contribution in [0.2, 0.25) is 0 Å². The van der Waals surface area contributed by atoms with E-state index in [1.807, 2.05) is 23.7 Å². The van der Waals surface area contributed by atoms with Gasteiger partial charge in [-0.25, -0.2) is 0 Å². The van der Waals surface area contributed by atoms with Crippen LogP contribution in [-0.4, -0.2) is 39.3 Å². The summed E-state index contributed by atoms with van der Waals surface area (Å²) in [5, 5.41) is 8.67. The van der Waals surface area contributed by atoms with E-state index in [0.717, 1.165) is 10.7 Å². The van der Waals surface area contributed by atoms with Crippen LogP contribution in [-0.2, 0) is 22.3 Å². The average Bonchev–Trinajstić information content (AvgIpc) is 3.09. The van der Waals surface area contributed by atoms with Crippen molar-refractivity contribution in [1.82, 2.24) is 25.6 Å². The first kappa shape index (κ1) is 20.7. The second-order valence-corrected chi connectivity index (χ2v) is 6.69. The molecule has 0 aliphatic carbocycles. The Hall–Kier alpha value is -2.65.